The summed E-state index contributed by atoms with van der Waals surface area (Å²) >= 11 is 3.44. The number of rotatable bonds is 0. The first-order chi connectivity index (χ1) is 8.88. The number of fused-ring (bicyclic) bond motifs is 3. The Kier molecular flexibility index (Phi) is 2.75. The Morgan fingerprint density at radius 3 is 2.79 bits per heavy atom. The molecule has 0 saturated heterocycles. The van der Waals surface area contributed by atoms with E-state index in [9.17, 15) is 4.79 Å². The first-order valence-electron chi connectivity index (χ1n) is 6.27. The minimum Gasteiger partial charge on any atom is -0.488 e. The lowest BCUT2D eigenvalue weighted by Gasteiger charge is -2.34. The average molecular weight is 323 g/mol. The third-order valence-electron chi connectivity index (χ3n) is 3.54. The zero-order valence-corrected chi connectivity index (χ0v) is 12.7. The number of ketones is 1. The number of furan rings is 1. The van der Waals surface area contributed by atoms with Crippen molar-refractivity contribution in [1.82, 2.24) is 0 Å². The van der Waals surface area contributed by atoms with Crippen molar-refractivity contribution in [1.29, 1.82) is 0 Å². The number of Topliss-reactive ketones (excluding diaryl/α,β-unsaturated/α-hetero) is 1. The van der Waals surface area contributed by atoms with Gasteiger partial charge in [0.25, 0.3) is 0 Å². The summed E-state index contributed by atoms with van der Waals surface area (Å²) in [4.78, 5) is 12.3. The minimum absolute atomic E-state index is 0.0729. The standard InChI is InChI=1S/C15H15BrO3/c1-15(2,3)12-7-11(17)9-6-10(16)14-8(4-5-18-14)13(9)19-12/h4-6,12H,7H2,1-3H3. The maximum Gasteiger partial charge on any atom is 0.170 e. The molecule has 4 heteroatoms. The maximum atomic E-state index is 12.3. The molecule has 0 spiro atoms. The first kappa shape index (κ1) is 12.7. The van der Waals surface area contributed by atoms with Gasteiger partial charge in [-0.2, -0.15) is 0 Å². The summed E-state index contributed by atoms with van der Waals surface area (Å²) in [6.07, 6.45) is 1.93. The van der Waals surface area contributed by atoms with E-state index in [1.807, 2.05) is 6.07 Å². The van der Waals surface area contributed by atoms with Gasteiger partial charge in [0.1, 0.15) is 11.9 Å². The second kappa shape index (κ2) is 4.10. The third kappa shape index (κ3) is 1.98. The molecule has 2 aromatic rings. The molecule has 0 aliphatic carbocycles. The molecule has 0 radical (unpaired) electrons. The first-order valence-corrected chi connectivity index (χ1v) is 7.07. The van der Waals surface area contributed by atoms with Crippen LogP contribution in [0.15, 0.2) is 27.3 Å². The SMILES string of the molecule is CC(C)(C)C1CC(=O)c2cc(Br)c3occc3c2O1. The fraction of sp³-hybridized carbons (Fsp3) is 0.400. The van der Waals surface area contributed by atoms with Gasteiger partial charge >= 0.3 is 0 Å². The van der Waals surface area contributed by atoms with Crippen LogP contribution in [0.3, 0.4) is 0 Å². The van der Waals surface area contributed by atoms with Crippen molar-refractivity contribution in [3.8, 4) is 5.75 Å². The van der Waals surface area contributed by atoms with Gasteiger partial charge in [0.2, 0.25) is 0 Å². The van der Waals surface area contributed by atoms with E-state index >= 15 is 0 Å². The van der Waals surface area contributed by atoms with Crippen molar-refractivity contribution in [2.75, 3.05) is 0 Å². The Balaban J connectivity index is 2.21. The fourth-order valence-corrected chi connectivity index (χ4v) is 2.89. The van der Waals surface area contributed by atoms with Gasteiger partial charge in [0.05, 0.1) is 21.7 Å². The van der Waals surface area contributed by atoms with Gasteiger partial charge < -0.3 is 9.15 Å². The smallest absolute Gasteiger partial charge is 0.170 e. The Morgan fingerprint density at radius 1 is 1.37 bits per heavy atom. The molecule has 0 fully saturated rings. The second-order valence-electron chi connectivity index (χ2n) is 6.00. The van der Waals surface area contributed by atoms with Crippen LogP contribution in [0, 0.1) is 5.41 Å². The van der Waals surface area contributed by atoms with Gasteiger partial charge in [0, 0.05) is 6.42 Å². The van der Waals surface area contributed by atoms with Gasteiger partial charge in [-0.25, -0.2) is 0 Å². The summed E-state index contributed by atoms with van der Waals surface area (Å²) in [5.74, 6) is 0.785. The summed E-state index contributed by atoms with van der Waals surface area (Å²) in [6.45, 7) is 6.25. The van der Waals surface area contributed by atoms with E-state index in [0.717, 1.165) is 15.4 Å². The van der Waals surface area contributed by atoms with Gasteiger partial charge in [-0.15, -0.1) is 0 Å². The highest BCUT2D eigenvalue weighted by molar-refractivity contribution is 9.10. The molecule has 1 aliphatic rings. The van der Waals surface area contributed by atoms with Crippen LogP contribution in [0.25, 0.3) is 11.0 Å². The number of hydrogen-bond donors (Lipinski definition) is 0. The second-order valence-corrected chi connectivity index (χ2v) is 6.85. The average Bonchev–Trinajstić information content (AvgIpc) is 2.79. The molecule has 0 amide bonds. The molecule has 0 N–H and O–H groups in total. The van der Waals surface area contributed by atoms with Crippen molar-refractivity contribution < 1.29 is 13.9 Å². The number of hydrogen-bond acceptors (Lipinski definition) is 3. The molecule has 100 valence electrons. The molecular weight excluding hydrogens is 308 g/mol. The fourth-order valence-electron chi connectivity index (χ4n) is 2.36. The largest absolute Gasteiger partial charge is 0.488 e. The van der Waals surface area contributed by atoms with E-state index in [2.05, 4.69) is 36.7 Å². The van der Waals surface area contributed by atoms with Crippen molar-refractivity contribution in [2.24, 2.45) is 5.41 Å². The van der Waals surface area contributed by atoms with Crippen LogP contribution < -0.4 is 4.74 Å². The van der Waals surface area contributed by atoms with Crippen molar-refractivity contribution in [3.63, 3.8) is 0 Å². The summed E-state index contributed by atoms with van der Waals surface area (Å²) < 4.78 is 12.3. The highest BCUT2D eigenvalue weighted by atomic mass is 79.9. The predicted molar refractivity (Wildman–Crippen MR) is 76.7 cm³/mol. The summed E-state index contributed by atoms with van der Waals surface area (Å²) in [6, 6.07) is 3.64. The lowest BCUT2D eigenvalue weighted by Crippen LogP contribution is -2.37. The topological polar surface area (TPSA) is 39.4 Å². The maximum absolute atomic E-state index is 12.3. The summed E-state index contributed by atoms with van der Waals surface area (Å²) in [7, 11) is 0. The number of ether oxygens (including phenoxy) is 1. The van der Waals surface area contributed by atoms with Crippen LogP contribution in [0.4, 0.5) is 0 Å². The molecule has 1 aromatic carbocycles. The molecule has 2 heterocycles. The number of benzene rings is 1. The number of halogens is 1. The minimum atomic E-state index is -0.105. The molecule has 3 rings (SSSR count). The van der Waals surface area contributed by atoms with Crippen molar-refractivity contribution in [2.45, 2.75) is 33.3 Å². The van der Waals surface area contributed by atoms with Crippen LogP contribution >= 0.6 is 15.9 Å². The number of carbonyl (C=O) groups excluding carboxylic acids is 1. The van der Waals surface area contributed by atoms with E-state index in [4.69, 9.17) is 9.15 Å². The third-order valence-corrected chi connectivity index (χ3v) is 4.13. The lowest BCUT2D eigenvalue weighted by atomic mass is 9.83. The zero-order chi connectivity index (χ0) is 13.8. The predicted octanol–water partition coefficient (Wildman–Crippen LogP) is 4.58. The zero-order valence-electron chi connectivity index (χ0n) is 11.1. The van der Waals surface area contributed by atoms with E-state index in [0.29, 0.717) is 17.7 Å². The van der Waals surface area contributed by atoms with E-state index in [1.54, 1.807) is 12.3 Å². The van der Waals surface area contributed by atoms with Gasteiger partial charge in [0.15, 0.2) is 11.4 Å². The van der Waals surface area contributed by atoms with Gasteiger partial charge in [-0.1, -0.05) is 20.8 Å². The van der Waals surface area contributed by atoms with Crippen molar-refractivity contribution >= 4 is 32.7 Å². The lowest BCUT2D eigenvalue weighted by molar-refractivity contribution is 0.0554. The summed E-state index contributed by atoms with van der Waals surface area (Å²) in [5, 5.41) is 0.853. The Labute approximate surface area is 120 Å². The van der Waals surface area contributed by atoms with E-state index in [1.165, 1.54) is 0 Å². The van der Waals surface area contributed by atoms with E-state index in [-0.39, 0.29) is 17.3 Å². The molecule has 3 nitrogen and oxygen atoms in total. The van der Waals surface area contributed by atoms with E-state index < -0.39 is 0 Å². The quantitative estimate of drug-likeness (QED) is 0.713. The molecule has 1 aromatic heterocycles. The molecule has 1 aliphatic heterocycles. The Bertz CT molecular complexity index is 664. The normalized spacial score (nSPS) is 19.4. The highest BCUT2D eigenvalue weighted by Gasteiger charge is 2.36. The van der Waals surface area contributed by atoms with Crippen LogP contribution in [0.1, 0.15) is 37.6 Å². The van der Waals surface area contributed by atoms with Crippen LogP contribution in [0.5, 0.6) is 5.75 Å². The molecule has 19 heavy (non-hydrogen) atoms. The molecule has 1 atom stereocenters. The monoisotopic (exact) mass is 322 g/mol. The Hall–Kier alpha value is -1.29. The molecule has 0 bridgehead atoms. The van der Waals surface area contributed by atoms with Crippen LogP contribution in [0.2, 0.25) is 0 Å². The highest BCUT2D eigenvalue weighted by Crippen LogP contribution is 2.42. The number of carbonyl (C=O) groups is 1. The molecule has 0 saturated carbocycles. The summed E-state index contributed by atoms with van der Waals surface area (Å²) in [5.41, 5.74) is 1.29. The molecule has 1 unspecified atom stereocenters. The Morgan fingerprint density at radius 2 is 2.11 bits per heavy atom. The van der Waals surface area contributed by atoms with Gasteiger partial charge in [-0.05, 0) is 33.5 Å². The van der Waals surface area contributed by atoms with Crippen LogP contribution in [-0.2, 0) is 0 Å². The van der Waals surface area contributed by atoms with Crippen LogP contribution in [-0.4, -0.2) is 11.9 Å². The molecular formula is C15H15BrO3. The van der Waals surface area contributed by atoms with Crippen molar-refractivity contribution in [3.05, 3.63) is 28.4 Å². The van der Waals surface area contributed by atoms with Gasteiger partial charge in [-0.3, -0.25) is 4.79 Å².